The maximum Gasteiger partial charge on any atom is 0.0457 e. The Hall–Kier alpha value is -1.25. The van der Waals surface area contributed by atoms with Gasteiger partial charge in [0, 0.05) is 35.1 Å². The molecule has 1 aliphatic carbocycles. The molecule has 0 spiro atoms. The standard InChI is InChI=1S/C14H15ClN2/c15-11-4-3-10(9-17-12-5-6-12)13(8-11)14-2-1-7-16-14/h1-4,7-8,12,16-17H,5-6,9H2. The van der Waals surface area contributed by atoms with E-state index < -0.39 is 0 Å². The van der Waals surface area contributed by atoms with Crippen LogP contribution in [0.5, 0.6) is 0 Å². The largest absolute Gasteiger partial charge is 0.361 e. The van der Waals surface area contributed by atoms with Crippen molar-refractivity contribution in [1.82, 2.24) is 10.3 Å². The van der Waals surface area contributed by atoms with Gasteiger partial charge in [-0.25, -0.2) is 0 Å². The van der Waals surface area contributed by atoms with Crippen LogP contribution in [-0.2, 0) is 6.54 Å². The van der Waals surface area contributed by atoms with Crippen LogP contribution in [0.1, 0.15) is 18.4 Å². The third-order valence-electron chi connectivity index (χ3n) is 3.12. The lowest BCUT2D eigenvalue weighted by Crippen LogP contribution is -2.15. The Morgan fingerprint density at radius 1 is 1.29 bits per heavy atom. The minimum Gasteiger partial charge on any atom is -0.361 e. The van der Waals surface area contributed by atoms with Crippen LogP contribution in [0, 0.1) is 0 Å². The Morgan fingerprint density at radius 2 is 2.18 bits per heavy atom. The van der Waals surface area contributed by atoms with Crippen molar-refractivity contribution in [2.75, 3.05) is 0 Å². The summed E-state index contributed by atoms with van der Waals surface area (Å²) in [5, 5.41) is 4.32. The van der Waals surface area contributed by atoms with Crippen LogP contribution in [0.25, 0.3) is 11.3 Å². The molecule has 17 heavy (non-hydrogen) atoms. The van der Waals surface area contributed by atoms with Crippen molar-refractivity contribution in [3.8, 4) is 11.3 Å². The molecule has 0 aliphatic heterocycles. The highest BCUT2D eigenvalue weighted by molar-refractivity contribution is 6.30. The highest BCUT2D eigenvalue weighted by Crippen LogP contribution is 2.27. The van der Waals surface area contributed by atoms with E-state index in [1.165, 1.54) is 24.0 Å². The van der Waals surface area contributed by atoms with Crippen molar-refractivity contribution in [2.24, 2.45) is 0 Å². The molecule has 3 rings (SSSR count). The van der Waals surface area contributed by atoms with Crippen LogP contribution >= 0.6 is 11.6 Å². The van der Waals surface area contributed by atoms with E-state index in [1.807, 2.05) is 24.4 Å². The first-order chi connectivity index (χ1) is 8.33. The number of aromatic nitrogens is 1. The normalized spacial score (nSPS) is 15.1. The molecule has 1 fully saturated rings. The van der Waals surface area contributed by atoms with Gasteiger partial charge in [-0.05, 0) is 42.7 Å². The molecule has 2 aromatic rings. The first-order valence-corrected chi connectivity index (χ1v) is 6.36. The van der Waals surface area contributed by atoms with Gasteiger partial charge in [0.15, 0.2) is 0 Å². The number of hydrogen-bond acceptors (Lipinski definition) is 1. The van der Waals surface area contributed by atoms with Crippen molar-refractivity contribution < 1.29 is 0 Å². The summed E-state index contributed by atoms with van der Waals surface area (Å²) in [5.41, 5.74) is 3.61. The molecule has 1 aromatic heterocycles. The second-order valence-corrected chi connectivity index (χ2v) is 4.98. The Morgan fingerprint density at radius 3 is 2.88 bits per heavy atom. The summed E-state index contributed by atoms with van der Waals surface area (Å²) in [6.45, 7) is 0.913. The second-order valence-electron chi connectivity index (χ2n) is 4.54. The van der Waals surface area contributed by atoms with Gasteiger partial charge >= 0.3 is 0 Å². The molecule has 2 nitrogen and oxygen atoms in total. The number of halogens is 1. The van der Waals surface area contributed by atoms with E-state index in [9.17, 15) is 0 Å². The van der Waals surface area contributed by atoms with Crippen LogP contribution < -0.4 is 5.32 Å². The summed E-state index contributed by atoms with van der Waals surface area (Å²) in [6, 6.07) is 10.9. The van der Waals surface area contributed by atoms with Gasteiger partial charge < -0.3 is 10.3 Å². The van der Waals surface area contributed by atoms with Gasteiger partial charge in [0.2, 0.25) is 0 Å². The van der Waals surface area contributed by atoms with Gasteiger partial charge in [-0.3, -0.25) is 0 Å². The predicted molar refractivity (Wildman–Crippen MR) is 71.1 cm³/mol. The van der Waals surface area contributed by atoms with Crippen molar-refractivity contribution in [3.63, 3.8) is 0 Å². The second kappa shape index (κ2) is 4.55. The van der Waals surface area contributed by atoms with E-state index in [1.54, 1.807) is 0 Å². The van der Waals surface area contributed by atoms with E-state index in [2.05, 4.69) is 22.4 Å². The monoisotopic (exact) mass is 246 g/mol. The molecule has 1 aliphatic rings. The molecular weight excluding hydrogens is 232 g/mol. The number of hydrogen-bond donors (Lipinski definition) is 2. The highest BCUT2D eigenvalue weighted by atomic mass is 35.5. The van der Waals surface area contributed by atoms with Crippen molar-refractivity contribution in [2.45, 2.75) is 25.4 Å². The Balaban J connectivity index is 1.89. The first kappa shape index (κ1) is 10.9. The van der Waals surface area contributed by atoms with Crippen LogP contribution in [0.15, 0.2) is 36.5 Å². The molecule has 0 amide bonds. The zero-order chi connectivity index (χ0) is 11.7. The Labute approximate surface area is 106 Å². The smallest absolute Gasteiger partial charge is 0.0457 e. The predicted octanol–water partition coefficient (Wildman–Crippen LogP) is 3.59. The van der Waals surface area contributed by atoms with Gasteiger partial charge in [-0.1, -0.05) is 17.7 Å². The van der Waals surface area contributed by atoms with Gasteiger partial charge in [-0.2, -0.15) is 0 Å². The zero-order valence-corrected chi connectivity index (χ0v) is 10.3. The molecule has 0 unspecified atom stereocenters. The average molecular weight is 247 g/mol. The average Bonchev–Trinajstić information content (AvgIpc) is 3.00. The van der Waals surface area contributed by atoms with Crippen molar-refractivity contribution in [3.05, 3.63) is 47.1 Å². The fraction of sp³-hybridized carbons (Fsp3) is 0.286. The lowest BCUT2D eigenvalue weighted by molar-refractivity contribution is 0.688. The topological polar surface area (TPSA) is 27.8 Å². The Kier molecular flexibility index (Phi) is 2.91. The number of benzene rings is 1. The molecular formula is C14H15ClN2. The molecule has 0 atom stereocenters. The third kappa shape index (κ3) is 2.54. The summed E-state index contributed by atoms with van der Waals surface area (Å²) < 4.78 is 0. The first-order valence-electron chi connectivity index (χ1n) is 5.98. The quantitative estimate of drug-likeness (QED) is 0.848. The molecule has 3 heteroatoms. The molecule has 0 saturated heterocycles. The fourth-order valence-electron chi connectivity index (χ4n) is 1.99. The van der Waals surface area contributed by atoms with E-state index in [0.717, 1.165) is 23.3 Å². The van der Waals surface area contributed by atoms with Gasteiger partial charge in [0.05, 0.1) is 0 Å². The van der Waals surface area contributed by atoms with E-state index in [4.69, 9.17) is 11.6 Å². The lowest BCUT2D eigenvalue weighted by Gasteiger charge is -2.09. The van der Waals surface area contributed by atoms with E-state index in [0.29, 0.717) is 0 Å². The third-order valence-corrected chi connectivity index (χ3v) is 3.35. The van der Waals surface area contributed by atoms with E-state index in [-0.39, 0.29) is 0 Å². The van der Waals surface area contributed by atoms with Crippen LogP contribution in [0.2, 0.25) is 5.02 Å². The molecule has 0 bridgehead atoms. The number of H-pyrrole nitrogens is 1. The zero-order valence-electron chi connectivity index (χ0n) is 9.54. The summed E-state index contributed by atoms with van der Waals surface area (Å²) in [7, 11) is 0. The fourth-order valence-corrected chi connectivity index (χ4v) is 2.17. The summed E-state index contributed by atoms with van der Waals surface area (Å²) in [4.78, 5) is 3.24. The summed E-state index contributed by atoms with van der Waals surface area (Å²) >= 11 is 6.07. The SMILES string of the molecule is Clc1ccc(CNC2CC2)c(-c2ccc[nH]2)c1. The van der Waals surface area contributed by atoms with Gasteiger partial charge in [0.25, 0.3) is 0 Å². The number of rotatable bonds is 4. The minimum absolute atomic E-state index is 0.724. The van der Waals surface area contributed by atoms with Gasteiger partial charge in [-0.15, -0.1) is 0 Å². The maximum absolute atomic E-state index is 6.07. The lowest BCUT2D eigenvalue weighted by atomic mass is 10.0. The Bertz CT molecular complexity index is 501. The minimum atomic E-state index is 0.724. The molecule has 0 radical (unpaired) electrons. The number of aromatic amines is 1. The van der Waals surface area contributed by atoms with E-state index >= 15 is 0 Å². The van der Waals surface area contributed by atoms with Crippen LogP contribution in [0.3, 0.4) is 0 Å². The maximum atomic E-state index is 6.07. The van der Waals surface area contributed by atoms with Gasteiger partial charge in [0.1, 0.15) is 0 Å². The van der Waals surface area contributed by atoms with Crippen LogP contribution in [-0.4, -0.2) is 11.0 Å². The molecule has 1 saturated carbocycles. The number of nitrogens with one attached hydrogen (secondary N) is 2. The molecule has 1 heterocycles. The molecule has 1 aromatic carbocycles. The summed E-state index contributed by atoms with van der Waals surface area (Å²) in [6.07, 6.45) is 4.56. The molecule has 2 N–H and O–H groups in total. The van der Waals surface area contributed by atoms with Crippen molar-refractivity contribution >= 4 is 11.6 Å². The van der Waals surface area contributed by atoms with Crippen LogP contribution in [0.4, 0.5) is 0 Å². The highest BCUT2D eigenvalue weighted by Gasteiger charge is 2.20. The molecule has 88 valence electrons. The summed E-state index contributed by atoms with van der Waals surface area (Å²) in [5.74, 6) is 0. The van der Waals surface area contributed by atoms with Crippen molar-refractivity contribution in [1.29, 1.82) is 0 Å².